The standard InChI is InChI=1S/C14H23F3N2O.ClH/c15-14(16,17)6-7-19(9-10-4-5-10)13(20)11-2-1-3-12(18)8-11;/h10-12H,1-9,18H2;1H. The molecule has 2 unspecified atom stereocenters. The smallest absolute Gasteiger partial charge is 0.342 e. The monoisotopic (exact) mass is 328 g/mol. The van der Waals surface area contributed by atoms with Crippen molar-refractivity contribution in [1.82, 2.24) is 4.90 Å². The first-order valence-electron chi connectivity index (χ1n) is 7.46. The quantitative estimate of drug-likeness (QED) is 0.843. The molecular formula is C14H24ClF3N2O. The first-order chi connectivity index (χ1) is 9.35. The van der Waals surface area contributed by atoms with Crippen molar-refractivity contribution in [3.8, 4) is 0 Å². The highest BCUT2D eigenvalue weighted by atomic mass is 35.5. The van der Waals surface area contributed by atoms with Gasteiger partial charge in [0.05, 0.1) is 6.42 Å². The van der Waals surface area contributed by atoms with E-state index in [1.165, 1.54) is 4.90 Å². The normalized spacial score (nSPS) is 26.1. The van der Waals surface area contributed by atoms with Crippen molar-refractivity contribution in [3.63, 3.8) is 0 Å². The maximum atomic E-state index is 12.4. The van der Waals surface area contributed by atoms with Crippen LogP contribution in [0.25, 0.3) is 0 Å². The molecule has 0 aromatic heterocycles. The molecule has 0 aromatic carbocycles. The molecule has 2 saturated carbocycles. The Morgan fingerprint density at radius 2 is 1.86 bits per heavy atom. The van der Waals surface area contributed by atoms with Crippen LogP contribution in [0.3, 0.4) is 0 Å². The average Bonchev–Trinajstić information content (AvgIpc) is 3.16. The summed E-state index contributed by atoms with van der Waals surface area (Å²) in [6.45, 7) is 0.283. The molecule has 2 N–H and O–H groups in total. The summed E-state index contributed by atoms with van der Waals surface area (Å²) in [6, 6.07) is 0.0168. The summed E-state index contributed by atoms with van der Waals surface area (Å²) in [4.78, 5) is 13.9. The van der Waals surface area contributed by atoms with Crippen molar-refractivity contribution in [1.29, 1.82) is 0 Å². The van der Waals surface area contributed by atoms with Crippen molar-refractivity contribution in [2.75, 3.05) is 13.1 Å². The number of carbonyl (C=O) groups excluding carboxylic acids is 1. The Morgan fingerprint density at radius 3 is 2.38 bits per heavy atom. The summed E-state index contributed by atoms with van der Waals surface area (Å²) in [7, 11) is 0. The predicted octanol–water partition coefficient (Wildman–Crippen LogP) is 3.12. The second kappa shape index (κ2) is 7.68. The van der Waals surface area contributed by atoms with E-state index >= 15 is 0 Å². The van der Waals surface area contributed by atoms with Gasteiger partial charge in [-0.3, -0.25) is 4.79 Å². The highest BCUT2D eigenvalue weighted by Crippen LogP contribution is 2.32. The number of amides is 1. The van der Waals surface area contributed by atoms with E-state index in [9.17, 15) is 18.0 Å². The van der Waals surface area contributed by atoms with E-state index in [0.717, 1.165) is 32.1 Å². The van der Waals surface area contributed by atoms with E-state index in [1.54, 1.807) is 0 Å². The minimum Gasteiger partial charge on any atom is -0.342 e. The van der Waals surface area contributed by atoms with Crippen molar-refractivity contribution in [2.24, 2.45) is 17.6 Å². The molecule has 21 heavy (non-hydrogen) atoms. The Bertz CT molecular complexity index is 348. The lowest BCUT2D eigenvalue weighted by Gasteiger charge is -2.31. The Kier molecular flexibility index (Phi) is 6.78. The molecule has 0 radical (unpaired) electrons. The van der Waals surface area contributed by atoms with Crippen LogP contribution >= 0.6 is 12.4 Å². The zero-order valence-electron chi connectivity index (χ0n) is 12.1. The van der Waals surface area contributed by atoms with Gasteiger partial charge in [-0.05, 0) is 38.0 Å². The van der Waals surface area contributed by atoms with Crippen LogP contribution in [0.2, 0.25) is 0 Å². The lowest BCUT2D eigenvalue weighted by Crippen LogP contribution is -2.42. The number of nitrogens with two attached hydrogens (primary N) is 1. The zero-order chi connectivity index (χ0) is 14.8. The maximum Gasteiger partial charge on any atom is 0.390 e. The lowest BCUT2D eigenvalue weighted by molar-refractivity contribution is -0.148. The van der Waals surface area contributed by atoms with Gasteiger partial charge in [0, 0.05) is 25.0 Å². The number of hydrogen-bond acceptors (Lipinski definition) is 2. The number of alkyl halides is 3. The van der Waals surface area contributed by atoms with Crippen molar-refractivity contribution < 1.29 is 18.0 Å². The molecule has 2 aliphatic rings. The molecule has 7 heteroatoms. The number of nitrogens with zero attached hydrogens (tertiary/aromatic N) is 1. The zero-order valence-corrected chi connectivity index (χ0v) is 12.9. The van der Waals surface area contributed by atoms with Gasteiger partial charge in [0.25, 0.3) is 0 Å². The average molecular weight is 329 g/mol. The highest BCUT2D eigenvalue weighted by molar-refractivity contribution is 5.85. The Balaban J connectivity index is 0.00000220. The number of halogens is 4. The molecule has 0 saturated heterocycles. The summed E-state index contributed by atoms with van der Waals surface area (Å²) in [6.07, 6.45) is 0.129. The van der Waals surface area contributed by atoms with Crippen LogP contribution in [0.5, 0.6) is 0 Å². The third kappa shape index (κ3) is 6.43. The Morgan fingerprint density at radius 1 is 1.19 bits per heavy atom. The molecule has 0 heterocycles. The minimum absolute atomic E-state index is 0. The van der Waals surface area contributed by atoms with Gasteiger partial charge in [-0.1, -0.05) is 6.42 Å². The Hall–Kier alpha value is -0.490. The minimum atomic E-state index is -4.20. The molecule has 0 spiro atoms. The largest absolute Gasteiger partial charge is 0.390 e. The number of hydrogen-bond donors (Lipinski definition) is 1. The van der Waals surface area contributed by atoms with Crippen LogP contribution in [-0.2, 0) is 4.79 Å². The highest BCUT2D eigenvalue weighted by Gasteiger charge is 2.35. The second-order valence-corrected chi connectivity index (χ2v) is 6.22. The summed E-state index contributed by atoms with van der Waals surface area (Å²) in [5.74, 6) is 0.117. The van der Waals surface area contributed by atoms with Gasteiger partial charge >= 0.3 is 6.18 Å². The second-order valence-electron chi connectivity index (χ2n) is 6.22. The molecule has 0 aromatic rings. The van der Waals surface area contributed by atoms with Crippen LogP contribution in [0, 0.1) is 11.8 Å². The summed E-state index contributed by atoms with van der Waals surface area (Å²) >= 11 is 0. The van der Waals surface area contributed by atoms with E-state index in [0.29, 0.717) is 18.9 Å². The van der Waals surface area contributed by atoms with Crippen LogP contribution in [0.15, 0.2) is 0 Å². The predicted molar refractivity (Wildman–Crippen MR) is 77.2 cm³/mol. The molecular weight excluding hydrogens is 305 g/mol. The SMILES string of the molecule is Cl.NC1CCCC(C(=O)N(CCC(F)(F)F)CC2CC2)C1. The lowest BCUT2D eigenvalue weighted by atomic mass is 9.85. The van der Waals surface area contributed by atoms with E-state index in [-0.39, 0.29) is 36.8 Å². The van der Waals surface area contributed by atoms with Gasteiger partial charge in [-0.2, -0.15) is 13.2 Å². The first-order valence-corrected chi connectivity index (χ1v) is 7.46. The summed E-state index contributed by atoms with van der Waals surface area (Å²) in [5, 5.41) is 0. The van der Waals surface area contributed by atoms with Gasteiger partial charge in [-0.15, -0.1) is 12.4 Å². The Labute approximate surface area is 129 Å². The molecule has 1 amide bonds. The van der Waals surface area contributed by atoms with E-state index in [1.807, 2.05) is 0 Å². The van der Waals surface area contributed by atoms with Crippen LogP contribution < -0.4 is 5.73 Å². The van der Waals surface area contributed by atoms with Gasteiger partial charge in [-0.25, -0.2) is 0 Å². The molecule has 3 nitrogen and oxygen atoms in total. The van der Waals surface area contributed by atoms with Gasteiger partial charge in [0.15, 0.2) is 0 Å². The van der Waals surface area contributed by atoms with Gasteiger partial charge in [0.2, 0.25) is 5.91 Å². The number of rotatable bonds is 5. The first kappa shape index (κ1) is 18.6. The van der Waals surface area contributed by atoms with Crippen LogP contribution in [0.1, 0.15) is 44.9 Å². The van der Waals surface area contributed by atoms with E-state index in [4.69, 9.17) is 5.73 Å². The molecule has 0 bridgehead atoms. The van der Waals surface area contributed by atoms with Crippen molar-refractivity contribution >= 4 is 18.3 Å². The molecule has 2 rings (SSSR count). The van der Waals surface area contributed by atoms with Crippen LogP contribution in [0.4, 0.5) is 13.2 Å². The molecule has 2 atom stereocenters. The molecule has 0 aliphatic heterocycles. The van der Waals surface area contributed by atoms with Crippen LogP contribution in [-0.4, -0.2) is 36.1 Å². The third-order valence-electron chi connectivity index (χ3n) is 4.22. The molecule has 2 fully saturated rings. The third-order valence-corrected chi connectivity index (χ3v) is 4.22. The fraction of sp³-hybridized carbons (Fsp3) is 0.929. The van der Waals surface area contributed by atoms with Gasteiger partial charge < -0.3 is 10.6 Å². The maximum absolute atomic E-state index is 12.4. The number of carbonyl (C=O) groups is 1. The summed E-state index contributed by atoms with van der Waals surface area (Å²) in [5.41, 5.74) is 5.87. The topological polar surface area (TPSA) is 46.3 Å². The molecule has 124 valence electrons. The molecule has 2 aliphatic carbocycles. The van der Waals surface area contributed by atoms with E-state index in [2.05, 4.69) is 0 Å². The summed E-state index contributed by atoms with van der Waals surface area (Å²) < 4.78 is 37.1. The van der Waals surface area contributed by atoms with Crippen molar-refractivity contribution in [3.05, 3.63) is 0 Å². The van der Waals surface area contributed by atoms with Crippen molar-refractivity contribution in [2.45, 2.75) is 57.2 Å². The fourth-order valence-corrected chi connectivity index (χ4v) is 2.88. The van der Waals surface area contributed by atoms with E-state index < -0.39 is 12.6 Å². The fourth-order valence-electron chi connectivity index (χ4n) is 2.88. The van der Waals surface area contributed by atoms with Gasteiger partial charge in [0.1, 0.15) is 0 Å².